The maximum absolute atomic E-state index is 12.5. The van der Waals surface area contributed by atoms with Crippen molar-refractivity contribution in [3.05, 3.63) is 35.4 Å². The second-order valence-corrected chi connectivity index (χ2v) is 5.99. The minimum atomic E-state index is -4.44. The van der Waals surface area contributed by atoms with Gasteiger partial charge < -0.3 is 15.5 Å². The molecule has 1 atom stereocenters. The van der Waals surface area contributed by atoms with Gasteiger partial charge in [0.1, 0.15) is 0 Å². The van der Waals surface area contributed by atoms with Crippen LogP contribution in [0, 0.1) is 0 Å². The third-order valence-electron chi connectivity index (χ3n) is 4.13. The lowest BCUT2D eigenvalue weighted by Crippen LogP contribution is -2.46. The summed E-state index contributed by atoms with van der Waals surface area (Å²) in [4.78, 5) is 26.2. The van der Waals surface area contributed by atoms with Gasteiger partial charge in [0.15, 0.2) is 0 Å². The van der Waals surface area contributed by atoms with Crippen LogP contribution in [0.4, 0.5) is 13.2 Å². The number of nitrogens with zero attached hydrogens (tertiary/aromatic N) is 1. The molecule has 0 aromatic heterocycles. The normalized spacial score (nSPS) is 16.7. The van der Waals surface area contributed by atoms with E-state index >= 15 is 0 Å². The van der Waals surface area contributed by atoms with Gasteiger partial charge in [-0.3, -0.25) is 9.59 Å². The number of rotatable bonds is 6. The summed E-state index contributed by atoms with van der Waals surface area (Å²) in [5.74, 6) is -0.751. The number of amides is 2. The minimum Gasteiger partial charge on any atom is -0.343 e. The highest BCUT2D eigenvalue weighted by atomic mass is 35.5. The van der Waals surface area contributed by atoms with Gasteiger partial charge in [-0.05, 0) is 43.7 Å². The van der Waals surface area contributed by atoms with Crippen LogP contribution in [-0.2, 0) is 11.0 Å². The SMILES string of the molecule is CCCN(C(=O)CNC(=O)c1ccc(C(F)(F)F)cc1)C1CCNC1.Cl. The second kappa shape index (κ2) is 9.78. The van der Waals surface area contributed by atoms with E-state index in [1.807, 2.05) is 6.92 Å². The highest BCUT2D eigenvalue weighted by Gasteiger charge is 2.30. The van der Waals surface area contributed by atoms with Crippen molar-refractivity contribution in [2.75, 3.05) is 26.2 Å². The maximum Gasteiger partial charge on any atom is 0.416 e. The van der Waals surface area contributed by atoms with E-state index in [1.54, 1.807) is 4.90 Å². The van der Waals surface area contributed by atoms with E-state index in [-0.39, 0.29) is 36.5 Å². The highest BCUT2D eigenvalue weighted by molar-refractivity contribution is 5.96. The average Bonchev–Trinajstić information content (AvgIpc) is 3.10. The molecular weight excluding hydrogens is 371 g/mol. The van der Waals surface area contributed by atoms with E-state index in [9.17, 15) is 22.8 Å². The zero-order valence-electron chi connectivity index (χ0n) is 14.4. The summed E-state index contributed by atoms with van der Waals surface area (Å²) in [5, 5.41) is 5.69. The number of halogens is 4. The van der Waals surface area contributed by atoms with Gasteiger partial charge in [-0.1, -0.05) is 6.92 Å². The van der Waals surface area contributed by atoms with Crippen LogP contribution in [-0.4, -0.2) is 48.9 Å². The molecule has 0 spiro atoms. The van der Waals surface area contributed by atoms with Crippen LogP contribution in [0.15, 0.2) is 24.3 Å². The van der Waals surface area contributed by atoms with Crippen molar-refractivity contribution < 1.29 is 22.8 Å². The predicted octanol–water partition coefficient (Wildman–Crippen LogP) is 2.46. The van der Waals surface area contributed by atoms with E-state index in [4.69, 9.17) is 0 Å². The molecule has 1 saturated heterocycles. The second-order valence-electron chi connectivity index (χ2n) is 5.99. The largest absolute Gasteiger partial charge is 0.416 e. The summed E-state index contributed by atoms with van der Waals surface area (Å²) in [6, 6.07) is 4.03. The summed E-state index contributed by atoms with van der Waals surface area (Å²) in [6.45, 7) is 4.01. The van der Waals surface area contributed by atoms with Crippen LogP contribution in [0.2, 0.25) is 0 Å². The molecule has 0 radical (unpaired) electrons. The molecule has 1 fully saturated rings. The molecule has 1 aliphatic heterocycles. The van der Waals surface area contributed by atoms with Gasteiger partial charge in [-0.2, -0.15) is 13.2 Å². The predicted molar refractivity (Wildman–Crippen MR) is 94.3 cm³/mol. The van der Waals surface area contributed by atoms with Gasteiger partial charge in [0.2, 0.25) is 5.91 Å². The van der Waals surface area contributed by atoms with Gasteiger partial charge in [-0.25, -0.2) is 0 Å². The van der Waals surface area contributed by atoms with Crippen molar-refractivity contribution in [2.45, 2.75) is 32.0 Å². The van der Waals surface area contributed by atoms with Gasteiger partial charge in [0.05, 0.1) is 12.1 Å². The lowest BCUT2D eigenvalue weighted by atomic mass is 10.1. The van der Waals surface area contributed by atoms with Crippen molar-refractivity contribution in [1.29, 1.82) is 0 Å². The number of hydrogen-bond donors (Lipinski definition) is 2. The molecule has 9 heteroatoms. The number of benzene rings is 1. The van der Waals surface area contributed by atoms with E-state index in [2.05, 4.69) is 10.6 Å². The molecular formula is C17H23ClF3N3O2. The maximum atomic E-state index is 12.5. The Morgan fingerprint density at radius 2 is 1.92 bits per heavy atom. The number of alkyl halides is 3. The Morgan fingerprint density at radius 1 is 1.27 bits per heavy atom. The Bertz CT molecular complexity index is 602. The van der Waals surface area contributed by atoms with Gasteiger partial charge in [0, 0.05) is 24.7 Å². The van der Waals surface area contributed by atoms with Crippen molar-refractivity contribution in [2.24, 2.45) is 0 Å². The standard InChI is InChI=1S/C17H22F3N3O2.ClH/c1-2-9-23(14-7-8-21-10-14)15(24)11-22-16(25)12-3-5-13(6-4-12)17(18,19)20;/h3-6,14,21H,2,7-11H2,1H3,(H,22,25);1H. The van der Waals surface area contributed by atoms with E-state index in [0.717, 1.165) is 50.2 Å². The van der Waals surface area contributed by atoms with E-state index < -0.39 is 17.6 Å². The quantitative estimate of drug-likeness (QED) is 0.780. The Hall–Kier alpha value is -1.80. The van der Waals surface area contributed by atoms with Crippen molar-refractivity contribution >= 4 is 24.2 Å². The molecule has 1 aliphatic rings. The first-order chi connectivity index (χ1) is 11.8. The van der Waals surface area contributed by atoms with Gasteiger partial charge >= 0.3 is 6.18 Å². The fraction of sp³-hybridized carbons (Fsp3) is 0.529. The molecule has 1 unspecified atom stereocenters. The molecule has 0 aliphatic carbocycles. The summed E-state index contributed by atoms with van der Waals surface area (Å²) in [5.41, 5.74) is -0.728. The molecule has 1 heterocycles. The zero-order chi connectivity index (χ0) is 18.4. The lowest BCUT2D eigenvalue weighted by Gasteiger charge is -2.28. The van der Waals surface area contributed by atoms with Gasteiger partial charge in [-0.15, -0.1) is 12.4 Å². The monoisotopic (exact) mass is 393 g/mol. The topological polar surface area (TPSA) is 61.4 Å². The van der Waals surface area contributed by atoms with E-state index in [0.29, 0.717) is 6.54 Å². The summed E-state index contributed by atoms with van der Waals surface area (Å²) in [7, 11) is 0. The van der Waals surface area contributed by atoms with Crippen molar-refractivity contribution in [1.82, 2.24) is 15.5 Å². The van der Waals surface area contributed by atoms with E-state index in [1.165, 1.54) is 0 Å². The molecule has 2 amide bonds. The fourth-order valence-corrected chi connectivity index (χ4v) is 2.83. The molecule has 2 N–H and O–H groups in total. The molecule has 146 valence electrons. The fourth-order valence-electron chi connectivity index (χ4n) is 2.83. The average molecular weight is 394 g/mol. The Labute approximate surface area is 156 Å². The smallest absolute Gasteiger partial charge is 0.343 e. The first kappa shape index (κ1) is 22.2. The van der Waals surface area contributed by atoms with Crippen LogP contribution < -0.4 is 10.6 Å². The molecule has 0 bridgehead atoms. The summed E-state index contributed by atoms with van der Waals surface area (Å²) >= 11 is 0. The number of hydrogen-bond acceptors (Lipinski definition) is 3. The van der Waals surface area contributed by atoms with Gasteiger partial charge in [0.25, 0.3) is 5.91 Å². The number of carbonyl (C=O) groups is 2. The molecule has 1 aromatic rings. The van der Waals surface area contributed by atoms with Crippen LogP contribution in [0.5, 0.6) is 0 Å². The molecule has 26 heavy (non-hydrogen) atoms. The van der Waals surface area contributed by atoms with Crippen LogP contribution >= 0.6 is 12.4 Å². The minimum absolute atomic E-state index is 0. The third-order valence-corrected chi connectivity index (χ3v) is 4.13. The third kappa shape index (κ3) is 5.88. The lowest BCUT2D eigenvalue weighted by molar-refractivity contribution is -0.137. The summed E-state index contributed by atoms with van der Waals surface area (Å²) < 4.78 is 37.6. The Balaban J connectivity index is 0.00000338. The van der Waals surface area contributed by atoms with Crippen LogP contribution in [0.3, 0.4) is 0 Å². The Kier molecular flexibility index (Phi) is 8.36. The number of carbonyl (C=O) groups excluding carboxylic acids is 2. The molecule has 0 saturated carbocycles. The Morgan fingerprint density at radius 3 is 2.42 bits per heavy atom. The molecule has 1 aromatic carbocycles. The van der Waals surface area contributed by atoms with Crippen LogP contribution in [0.1, 0.15) is 35.7 Å². The highest BCUT2D eigenvalue weighted by Crippen LogP contribution is 2.29. The summed E-state index contributed by atoms with van der Waals surface area (Å²) in [6.07, 6.45) is -2.76. The van der Waals surface area contributed by atoms with Crippen molar-refractivity contribution in [3.8, 4) is 0 Å². The first-order valence-corrected chi connectivity index (χ1v) is 8.28. The first-order valence-electron chi connectivity index (χ1n) is 8.28. The zero-order valence-corrected chi connectivity index (χ0v) is 15.3. The van der Waals surface area contributed by atoms with Crippen LogP contribution in [0.25, 0.3) is 0 Å². The number of nitrogens with one attached hydrogen (secondary N) is 2. The van der Waals surface area contributed by atoms with Crippen molar-refractivity contribution in [3.63, 3.8) is 0 Å². The molecule has 5 nitrogen and oxygen atoms in total. The molecule has 2 rings (SSSR count).